The second-order valence-corrected chi connectivity index (χ2v) is 9.87. The highest BCUT2D eigenvalue weighted by Crippen LogP contribution is 2.22. The van der Waals surface area contributed by atoms with Crippen molar-refractivity contribution in [2.75, 3.05) is 7.05 Å². The van der Waals surface area contributed by atoms with Crippen LogP contribution in [0.1, 0.15) is 44.6 Å². The van der Waals surface area contributed by atoms with Crippen molar-refractivity contribution >= 4 is 15.9 Å². The van der Waals surface area contributed by atoms with Gasteiger partial charge in [-0.05, 0) is 49.6 Å². The first kappa shape index (κ1) is 22.3. The molecule has 0 unspecified atom stereocenters. The van der Waals surface area contributed by atoms with Crippen LogP contribution in [0.5, 0.6) is 5.75 Å². The van der Waals surface area contributed by atoms with Crippen LogP contribution in [0.2, 0.25) is 0 Å². The lowest BCUT2D eigenvalue weighted by Crippen LogP contribution is -2.43. The first-order valence-electron chi connectivity index (χ1n) is 10.4. The number of amides is 1. The van der Waals surface area contributed by atoms with E-state index in [1.165, 1.54) is 22.9 Å². The van der Waals surface area contributed by atoms with E-state index in [0.717, 1.165) is 31.2 Å². The third kappa shape index (κ3) is 5.83. The van der Waals surface area contributed by atoms with Gasteiger partial charge >= 0.3 is 0 Å². The van der Waals surface area contributed by atoms with Gasteiger partial charge in [-0.2, -0.15) is 4.31 Å². The molecule has 3 rings (SSSR count). The Morgan fingerprint density at radius 1 is 1.07 bits per heavy atom. The van der Waals surface area contributed by atoms with Gasteiger partial charge in [0.15, 0.2) is 6.10 Å². The Kier molecular flexibility index (Phi) is 7.50. The summed E-state index contributed by atoms with van der Waals surface area (Å²) in [7, 11) is -2.06. The summed E-state index contributed by atoms with van der Waals surface area (Å²) in [5.74, 6) is 0.326. The highest BCUT2D eigenvalue weighted by molar-refractivity contribution is 7.89. The molecule has 1 aliphatic rings. The van der Waals surface area contributed by atoms with Gasteiger partial charge in [0.25, 0.3) is 5.91 Å². The number of carbonyl (C=O) groups is 1. The largest absolute Gasteiger partial charge is 0.481 e. The van der Waals surface area contributed by atoms with E-state index in [0.29, 0.717) is 12.3 Å². The predicted molar refractivity (Wildman–Crippen MR) is 117 cm³/mol. The summed E-state index contributed by atoms with van der Waals surface area (Å²) in [5, 5.41) is 3.05. The molecule has 1 amide bonds. The maximum absolute atomic E-state index is 12.8. The number of nitrogens with zero attached hydrogens (tertiary/aromatic N) is 1. The van der Waals surface area contributed by atoms with Crippen LogP contribution >= 0.6 is 0 Å². The number of hydrogen-bond donors (Lipinski definition) is 1. The number of ether oxygens (including phenoxy) is 1. The zero-order valence-corrected chi connectivity index (χ0v) is 18.4. The molecule has 30 heavy (non-hydrogen) atoms. The van der Waals surface area contributed by atoms with Crippen LogP contribution in [-0.4, -0.2) is 37.8 Å². The average molecular weight is 431 g/mol. The van der Waals surface area contributed by atoms with Crippen molar-refractivity contribution in [1.29, 1.82) is 0 Å². The van der Waals surface area contributed by atoms with Crippen LogP contribution < -0.4 is 10.1 Å². The molecule has 1 atom stereocenters. The molecule has 0 heterocycles. The van der Waals surface area contributed by atoms with Crippen molar-refractivity contribution in [1.82, 2.24) is 9.62 Å². The van der Waals surface area contributed by atoms with Crippen LogP contribution in [-0.2, 0) is 21.4 Å². The predicted octanol–water partition coefficient (Wildman–Crippen LogP) is 3.72. The zero-order valence-electron chi connectivity index (χ0n) is 17.6. The molecule has 0 bridgehead atoms. The quantitative estimate of drug-likeness (QED) is 0.693. The molecule has 1 fully saturated rings. The smallest absolute Gasteiger partial charge is 0.260 e. The number of nitrogens with one attached hydrogen (secondary N) is 1. The molecule has 1 aliphatic carbocycles. The number of rotatable bonds is 8. The molecule has 6 nitrogen and oxygen atoms in total. The average Bonchev–Trinajstić information content (AvgIpc) is 2.75. The molecule has 0 radical (unpaired) electrons. The molecule has 0 aromatic heterocycles. The van der Waals surface area contributed by atoms with Gasteiger partial charge in [0, 0.05) is 19.6 Å². The van der Waals surface area contributed by atoms with Gasteiger partial charge in [-0.3, -0.25) is 4.79 Å². The fourth-order valence-corrected chi connectivity index (χ4v) is 4.78. The lowest BCUT2D eigenvalue weighted by atomic mass is 9.95. The highest BCUT2D eigenvalue weighted by Gasteiger charge is 2.23. The van der Waals surface area contributed by atoms with Gasteiger partial charge < -0.3 is 10.1 Å². The van der Waals surface area contributed by atoms with Gasteiger partial charge in [0.2, 0.25) is 10.0 Å². The monoisotopic (exact) mass is 430 g/mol. The van der Waals surface area contributed by atoms with Gasteiger partial charge in [-0.25, -0.2) is 8.42 Å². The second kappa shape index (κ2) is 10.1. The molecule has 0 saturated heterocycles. The molecular formula is C23H30N2O4S. The van der Waals surface area contributed by atoms with Crippen molar-refractivity contribution < 1.29 is 17.9 Å². The van der Waals surface area contributed by atoms with Crippen molar-refractivity contribution in [3.8, 4) is 5.75 Å². The molecule has 1 saturated carbocycles. The van der Waals surface area contributed by atoms with Crippen LogP contribution in [0.15, 0.2) is 59.5 Å². The third-order valence-corrected chi connectivity index (χ3v) is 7.23. The highest BCUT2D eigenvalue weighted by atomic mass is 32.2. The summed E-state index contributed by atoms with van der Waals surface area (Å²) in [4.78, 5) is 12.6. The van der Waals surface area contributed by atoms with E-state index in [2.05, 4.69) is 5.32 Å². The lowest BCUT2D eigenvalue weighted by Gasteiger charge is -2.24. The lowest BCUT2D eigenvalue weighted by molar-refractivity contribution is -0.128. The van der Waals surface area contributed by atoms with Gasteiger partial charge in [0.1, 0.15) is 5.75 Å². The Balaban J connectivity index is 1.58. The van der Waals surface area contributed by atoms with Gasteiger partial charge in [-0.15, -0.1) is 0 Å². The minimum Gasteiger partial charge on any atom is -0.481 e. The normalized spacial score (nSPS) is 16.2. The third-order valence-electron chi connectivity index (χ3n) is 5.41. The molecule has 7 heteroatoms. The van der Waals surface area contributed by atoms with Crippen LogP contribution in [0, 0.1) is 0 Å². The Morgan fingerprint density at radius 2 is 1.70 bits per heavy atom. The zero-order chi connectivity index (χ0) is 21.6. The minimum absolute atomic E-state index is 0.138. The Bertz CT molecular complexity index is 923. The SMILES string of the molecule is C[C@H](Oc1ccc(S(=O)(=O)N(C)Cc2ccccc2)cc1)C(=O)NC1CCCCC1. The molecule has 2 aromatic carbocycles. The standard InChI is InChI=1S/C23H30N2O4S/c1-18(23(26)24-20-11-7-4-8-12-20)29-21-13-15-22(16-14-21)30(27,28)25(2)17-19-9-5-3-6-10-19/h3,5-6,9-10,13-16,18,20H,4,7-8,11-12,17H2,1-2H3,(H,24,26)/t18-/m0/s1. The molecule has 162 valence electrons. The molecule has 1 N–H and O–H groups in total. The topological polar surface area (TPSA) is 75.7 Å². The van der Waals surface area contributed by atoms with E-state index >= 15 is 0 Å². The summed E-state index contributed by atoms with van der Waals surface area (Å²) in [6, 6.07) is 15.9. The fraction of sp³-hybridized carbons (Fsp3) is 0.435. The van der Waals surface area contributed by atoms with E-state index in [9.17, 15) is 13.2 Å². The Labute approximate surface area is 179 Å². The van der Waals surface area contributed by atoms with Gasteiger partial charge in [-0.1, -0.05) is 49.6 Å². The van der Waals surface area contributed by atoms with Crippen molar-refractivity contribution in [3.63, 3.8) is 0 Å². The summed E-state index contributed by atoms with van der Waals surface area (Å²) in [6.07, 6.45) is 4.91. The number of benzene rings is 2. The van der Waals surface area contributed by atoms with Crippen LogP contribution in [0.25, 0.3) is 0 Å². The van der Waals surface area contributed by atoms with Gasteiger partial charge in [0.05, 0.1) is 4.90 Å². The molecular weight excluding hydrogens is 400 g/mol. The Morgan fingerprint density at radius 3 is 2.33 bits per heavy atom. The minimum atomic E-state index is -3.62. The summed E-state index contributed by atoms with van der Waals surface area (Å²) in [6.45, 7) is 2.00. The first-order valence-corrected chi connectivity index (χ1v) is 11.9. The van der Waals surface area contributed by atoms with Crippen molar-refractivity contribution in [2.24, 2.45) is 0 Å². The molecule has 0 aliphatic heterocycles. The van der Waals surface area contributed by atoms with E-state index in [1.807, 2.05) is 30.3 Å². The molecule has 0 spiro atoms. The number of carbonyl (C=O) groups excluding carboxylic acids is 1. The van der Waals surface area contributed by atoms with E-state index in [-0.39, 0.29) is 16.8 Å². The number of sulfonamides is 1. The maximum atomic E-state index is 12.8. The van der Waals surface area contributed by atoms with E-state index < -0.39 is 16.1 Å². The summed E-state index contributed by atoms with van der Waals surface area (Å²) < 4.78 is 32.7. The van der Waals surface area contributed by atoms with E-state index in [1.54, 1.807) is 26.1 Å². The fourth-order valence-electron chi connectivity index (χ4n) is 3.62. The Hall–Kier alpha value is -2.38. The second-order valence-electron chi connectivity index (χ2n) is 7.82. The van der Waals surface area contributed by atoms with E-state index in [4.69, 9.17) is 4.74 Å². The number of hydrogen-bond acceptors (Lipinski definition) is 4. The summed E-state index contributed by atoms with van der Waals surface area (Å²) >= 11 is 0. The maximum Gasteiger partial charge on any atom is 0.260 e. The van der Waals surface area contributed by atoms with Crippen LogP contribution in [0.3, 0.4) is 0 Å². The van der Waals surface area contributed by atoms with Crippen molar-refractivity contribution in [3.05, 3.63) is 60.2 Å². The first-order chi connectivity index (χ1) is 14.4. The van der Waals surface area contributed by atoms with Crippen LogP contribution in [0.4, 0.5) is 0 Å². The summed E-state index contributed by atoms with van der Waals surface area (Å²) in [5.41, 5.74) is 0.918. The molecule has 2 aromatic rings. The van der Waals surface area contributed by atoms with Crippen molar-refractivity contribution in [2.45, 2.75) is 62.6 Å².